The lowest BCUT2D eigenvalue weighted by Gasteiger charge is -2.41. The van der Waals surface area contributed by atoms with Gasteiger partial charge in [0.15, 0.2) is 0 Å². The third-order valence-electron chi connectivity index (χ3n) is 4.61. The molecule has 132 valence electrons. The third-order valence-corrected chi connectivity index (χ3v) is 6.45. The van der Waals surface area contributed by atoms with Gasteiger partial charge in [0.1, 0.15) is 0 Å². The molecule has 0 spiro atoms. The second-order valence-electron chi connectivity index (χ2n) is 6.79. The third kappa shape index (κ3) is 3.35. The Labute approximate surface area is 147 Å². The van der Waals surface area contributed by atoms with Crippen molar-refractivity contribution in [3.63, 3.8) is 0 Å². The molecule has 2 aromatic rings. The van der Waals surface area contributed by atoms with Crippen LogP contribution < -0.4 is 11.3 Å². The highest BCUT2D eigenvalue weighted by Gasteiger charge is 2.38. The van der Waals surface area contributed by atoms with Crippen LogP contribution in [0.4, 0.5) is 0 Å². The van der Waals surface area contributed by atoms with Gasteiger partial charge in [-0.2, -0.15) is 4.31 Å². The van der Waals surface area contributed by atoms with Crippen LogP contribution in [0.5, 0.6) is 0 Å². The van der Waals surface area contributed by atoms with Crippen molar-refractivity contribution in [3.8, 4) is 0 Å². The Kier molecular flexibility index (Phi) is 5.11. The zero-order valence-corrected chi connectivity index (χ0v) is 15.3. The van der Waals surface area contributed by atoms with Crippen molar-refractivity contribution in [1.29, 1.82) is 0 Å². The summed E-state index contributed by atoms with van der Waals surface area (Å²) in [5.74, 6) is 0. The maximum absolute atomic E-state index is 12.9. The average Bonchev–Trinajstić information content (AvgIpc) is 2.49. The largest absolute Gasteiger partial charge is 0.327 e. The second kappa shape index (κ2) is 6.48. The summed E-state index contributed by atoms with van der Waals surface area (Å²) in [5.41, 5.74) is 6.25. The van der Waals surface area contributed by atoms with E-state index in [0.717, 1.165) is 0 Å². The van der Waals surface area contributed by atoms with Crippen molar-refractivity contribution in [3.05, 3.63) is 40.7 Å². The van der Waals surface area contributed by atoms with Gasteiger partial charge in [0.05, 0.1) is 4.90 Å². The first-order valence-electron chi connectivity index (χ1n) is 7.59. The van der Waals surface area contributed by atoms with Crippen LogP contribution in [0.2, 0.25) is 0 Å². The molecule has 24 heavy (non-hydrogen) atoms. The first-order valence-corrected chi connectivity index (χ1v) is 9.03. The molecule has 0 radical (unpaired) electrons. The van der Waals surface area contributed by atoms with Crippen LogP contribution in [0.25, 0.3) is 10.9 Å². The maximum Gasteiger partial charge on any atom is 0.248 e. The van der Waals surface area contributed by atoms with E-state index in [9.17, 15) is 13.2 Å². The topological polar surface area (TPSA) is 96.3 Å². The number of aromatic amines is 1. The number of hydrogen-bond donors (Lipinski definition) is 2. The van der Waals surface area contributed by atoms with Gasteiger partial charge >= 0.3 is 0 Å². The van der Waals surface area contributed by atoms with Crippen LogP contribution in [-0.2, 0) is 10.0 Å². The van der Waals surface area contributed by atoms with E-state index in [4.69, 9.17) is 5.73 Å². The smallest absolute Gasteiger partial charge is 0.248 e. The summed E-state index contributed by atoms with van der Waals surface area (Å²) in [4.78, 5) is 14.2. The number of pyridine rings is 1. The molecule has 0 amide bonds. The lowest BCUT2D eigenvalue weighted by molar-refractivity contribution is 0.155. The molecule has 0 saturated carbocycles. The SMILES string of the molecule is CC1(C)CN(S(=O)(=O)c2ccc3[nH]c(=O)ccc3c2)CCC1N.Cl. The second-order valence-corrected chi connectivity index (χ2v) is 8.73. The molecule has 6 nitrogen and oxygen atoms in total. The van der Waals surface area contributed by atoms with E-state index < -0.39 is 10.0 Å². The molecule has 1 unspecified atom stereocenters. The van der Waals surface area contributed by atoms with E-state index in [2.05, 4.69) is 4.98 Å². The molecule has 3 rings (SSSR count). The van der Waals surface area contributed by atoms with Crippen LogP contribution in [0.1, 0.15) is 20.3 Å². The fraction of sp³-hybridized carbons (Fsp3) is 0.438. The molecule has 1 fully saturated rings. The molecule has 1 aliphatic heterocycles. The van der Waals surface area contributed by atoms with Crippen LogP contribution in [0, 0.1) is 5.41 Å². The van der Waals surface area contributed by atoms with Gasteiger partial charge in [0.2, 0.25) is 15.6 Å². The minimum atomic E-state index is -3.57. The van der Waals surface area contributed by atoms with E-state index in [1.807, 2.05) is 13.8 Å². The van der Waals surface area contributed by atoms with E-state index >= 15 is 0 Å². The van der Waals surface area contributed by atoms with Crippen molar-refractivity contribution < 1.29 is 8.42 Å². The van der Waals surface area contributed by atoms with Gasteiger partial charge in [-0.3, -0.25) is 4.79 Å². The van der Waals surface area contributed by atoms with Gasteiger partial charge in [-0.1, -0.05) is 13.8 Å². The Balaban J connectivity index is 0.00000208. The summed E-state index contributed by atoms with van der Waals surface area (Å²) in [7, 11) is -3.57. The van der Waals surface area contributed by atoms with Gasteiger partial charge < -0.3 is 10.7 Å². The Hall–Kier alpha value is -1.41. The summed E-state index contributed by atoms with van der Waals surface area (Å²) in [5, 5.41) is 0.693. The lowest BCUT2D eigenvalue weighted by Crippen LogP contribution is -2.53. The van der Waals surface area contributed by atoms with Crippen molar-refractivity contribution in [2.24, 2.45) is 11.1 Å². The quantitative estimate of drug-likeness (QED) is 0.839. The zero-order chi connectivity index (χ0) is 16.8. The molecule has 2 heterocycles. The number of hydrogen-bond acceptors (Lipinski definition) is 4. The van der Waals surface area contributed by atoms with E-state index in [-0.39, 0.29) is 34.3 Å². The number of fused-ring (bicyclic) bond motifs is 1. The van der Waals surface area contributed by atoms with Gasteiger partial charge in [-0.15, -0.1) is 12.4 Å². The number of aromatic nitrogens is 1. The Morgan fingerprint density at radius 1 is 1.25 bits per heavy atom. The predicted octanol–water partition coefficient (Wildman–Crippen LogP) is 1.70. The summed E-state index contributed by atoms with van der Waals surface area (Å²) in [6, 6.07) is 7.78. The zero-order valence-electron chi connectivity index (χ0n) is 13.7. The van der Waals surface area contributed by atoms with E-state index in [1.54, 1.807) is 18.2 Å². The number of piperidine rings is 1. The molecule has 3 N–H and O–H groups in total. The first-order chi connectivity index (χ1) is 10.7. The number of nitrogens with two attached hydrogens (primary N) is 1. The lowest BCUT2D eigenvalue weighted by atomic mass is 9.81. The first kappa shape index (κ1) is 18.9. The molecular formula is C16H22ClN3O3S. The molecule has 8 heteroatoms. The van der Waals surface area contributed by atoms with Crippen LogP contribution in [0.15, 0.2) is 40.0 Å². The fourth-order valence-electron chi connectivity index (χ4n) is 2.97. The van der Waals surface area contributed by atoms with Gasteiger partial charge in [0.25, 0.3) is 0 Å². The fourth-order valence-corrected chi connectivity index (χ4v) is 4.63. The number of rotatable bonds is 2. The van der Waals surface area contributed by atoms with E-state index in [0.29, 0.717) is 30.4 Å². The highest BCUT2D eigenvalue weighted by atomic mass is 35.5. The normalized spacial score (nSPS) is 21.4. The Bertz CT molecular complexity index is 908. The average molecular weight is 372 g/mol. The van der Waals surface area contributed by atoms with Crippen LogP contribution in [0.3, 0.4) is 0 Å². The van der Waals surface area contributed by atoms with E-state index in [1.165, 1.54) is 16.4 Å². The number of nitrogens with zero attached hydrogens (tertiary/aromatic N) is 1. The molecule has 0 aliphatic carbocycles. The molecular weight excluding hydrogens is 350 g/mol. The molecule has 1 aromatic heterocycles. The summed E-state index contributed by atoms with van der Waals surface area (Å²) < 4.78 is 27.3. The van der Waals surface area contributed by atoms with Gasteiger partial charge in [-0.05, 0) is 41.5 Å². The van der Waals surface area contributed by atoms with Gasteiger partial charge in [-0.25, -0.2) is 8.42 Å². The van der Waals surface area contributed by atoms with Crippen molar-refractivity contribution in [2.75, 3.05) is 13.1 Å². The molecule has 1 saturated heterocycles. The van der Waals surface area contributed by atoms with Crippen molar-refractivity contribution >= 4 is 33.3 Å². The molecule has 1 aliphatic rings. The maximum atomic E-state index is 12.9. The van der Waals surface area contributed by atoms with Crippen LogP contribution in [-0.4, -0.2) is 36.8 Å². The van der Waals surface area contributed by atoms with Crippen molar-refractivity contribution in [1.82, 2.24) is 9.29 Å². The summed E-state index contributed by atoms with van der Waals surface area (Å²) >= 11 is 0. The molecule has 1 atom stereocenters. The minimum Gasteiger partial charge on any atom is -0.327 e. The standard InChI is InChI=1S/C16H21N3O3S.ClH/c1-16(2)10-19(8-7-14(16)17)23(21,22)12-4-5-13-11(9-12)3-6-15(20)18-13;/h3-6,9,14H,7-8,10,17H2,1-2H3,(H,18,20);1H. The Morgan fingerprint density at radius 2 is 1.96 bits per heavy atom. The number of benzene rings is 1. The number of sulfonamides is 1. The Morgan fingerprint density at radius 3 is 2.62 bits per heavy atom. The number of halogens is 1. The molecule has 1 aromatic carbocycles. The highest BCUT2D eigenvalue weighted by Crippen LogP contribution is 2.31. The minimum absolute atomic E-state index is 0. The number of nitrogens with one attached hydrogen (secondary N) is 1. The monoisotopic (exact) mass is 371 g/mol. The predicted molar refractivity (Wildman–Crippen MR) is 96.9 cm³/mol. The summed E-state index contributed by atoms with van der Waals surface area (Å²) in [6.07, 6.45) is 0.646. The van der Waals surface area contributed by atoms with Crippen LogP contribution >= 0.6 is 12.4 Å². The number of H-pyrrole nitrogens is 1. The van der Waals surface area contributed by atoms with Gasteiger partial charge in [0, 0.05) is 30.7 Å². The highest BCUT2D eigenvalue weighted by molar-refractivity contribution is 7.89. The molecule has 0 bridgehead atoms. The summed E-state index contributed by atoms with van der Waals surface area (Å²) in [6.45, 7) is 4.81. The van der Waals surface area contributed by atoms with Crippen molar-refractivity contribution in [2.45, 2.75) is 31.2 Å².